The van der Waals surface area contributed by atoms with Gasteiger partial charge in [0.15, 0.2) is 0 Å². The first-order valence-corrected chi connectivity index (χ1v) is 5.39. The third kappa shape index (κ3) is 3.01. The SMILES string of the molecule is CC(N)CN(C)C1CCSC1. The number of hydrogen-bond donors (Lipinski definition) is 1. The van der Waals surface area contributed by atoms with Gasteiger partial charge in [0, 0.05) is 24.4 Å². The highest BCUT2D eigenvalue weighted by Gasteiger charge is 2.19. The second-order valence-corrected chi connectivity index (χ2v) is 4.58. The molecule has 1 aliphatic rings. The van der Waals surface area contributed by atoms with E-state index in [-0.39, 0.29) is 0 Å². The highest BCUT2D eigenvalue weighted by molar-refractivity contribution is 7.99. The molecule has 1 rings (SSSR count). The highest BCUT2D eigenvalue weighted by atomic mass is 32.2. The van der Waals surface area contributed by atoms with Crippen molar-refractivity contribution in [3.05, 3.63) is 0 Å². The molecule has 0 aromatic carbocycles. The molecule has 1 aliphatic heterocycles. The lowest BCUT2D eigenvalue weighted by molar-refractivity contribution is 0.251. The molecule has 0 aliphatic carbocycles. The van der Waals surface area contributed by atoms with Crippen molar-refractivity contribution >= 4 is 11.8 Å². The molecule has 0 spiro atoms. The molecular weight excluding hydrogens is 156 g/mol. The zero-order valence-corrected chi connectivity index (χ0v) is 8.23. The van der Waals surface area contributed by atoms with Crippen LogP contribution < -0.4 is 5.73 Å². The Hall–Kier alpha value is 0.270. The van der Waals surface area contributed by atoms with E-state index < -0.39 is 0 Å². The smallest absolute Gasteiger partial charge is 0.0191 e. The fourth-order valence-electron chi connectivity index (χ4n) is 1.47. The molecule has 0 aromatic heterocycles. The maximum atomic E-state index is 5.71. The van der Waals surface area contributed by atoms with E-state index in [1.165, 1.54) is 17.9 Å². The Morgan fingerprint density at radius 3 is 2.91 bits per heavy atom. The lowest BCUT2D eigenvalue weighted by Gasteiger charge is -2.24. The second-order valence-electron chi connectivity index (χ2n) is 3.43. The van der Waals surface area contributed by atoms with Crippen LogP contribution in [-0.2, 0) is 0 Å². The van der Waals surface area contributed by atoms with Gasteiger partial charge in [0.2, 0.25) is 0 Å². The Balaban J connectivity index is 2.22. The second kappa shape index (κ2) is 4.33. The molecule has 1 fully saturated rings. The summed E-state index contributed by atoms with van der Waals surface area (Å²) >= 11 is 2.06. The van der Waals surface area contributed by atoms with Crippen LogP contribution in [0.4, 0.5) is 0 Å². The van der Waals surface area contributed by atoms with Crippen LogP contribution in [0.15, 0.2) is 0 Å². The van der Waals surface area contributed by atoms with Crippen LogP contribution in [-0.4, -0.2) is 42.1 Å². The average molecular weight is 174 g/mol. The maximum absolute atomic E-state index is 5.71. The van der Waals surface area contributed by atoms with Gasteiger partial charge in [0.1, 0.15) is 0 Å². The molecule has 3 heteroatoms. The van der Waals surface area contributed by atoms with E-state index in [4.69, 9.17) is 5.73 Å². The lowest BCUT2D eigenvalue weighted by atomic mass is 10.2. The summed E-state index contributed by atoms with van der Waals surface area (Å²) in [5.74, 6) is 2.62. The van der Waals surface area contributed by atoms with Crippen molar-refractivity contribution in [3.8, 4) is 0 Å². The zero-order valence-electron chi connectivity index (χ0n) is 7.42. The molecular formula is C8H18N2S. The third-order valence-electron chi connectivity index (χ3n) is 2.10. The van der Waals surface area contributed by atoms with Gasteiger partial charge in [-0.15, -0.1) is 0 Å². The summed E-state index contributed by atoms with van der Waals surface area (Å²) in [6.45, 7) is 3.10. The molecule has 0 bridgehead atoms. The molecule has 0 radical (unpaired) electrons. The summed E-state index contributed by atoms with van der Waals surface area (Å²) in [7, 11) is 2.18. The number of likely N-dealkylation sites (N-methyl/N-ethyl adjacent to an activating group) is 1. The minimum Gasteiger partial charge on any atom is -0.327 e. The third-order valence-corrected chi connectivity index (χ3v) is 3.25. The summed E-state index contributed by atoms with van der Waals surface area (Å²) in [6, 6.07) is 1.09. The van der Waals surface area contributed by atoms with Crippen molar-refractivity contribution in [2.45, 2.75) is 25.4 Å². The first-order chi connectivity index (χ1) is 5.20. The summed E-state index contributed by atoms with van der Waals surface area (Å²) < 4.78 is 0. The van der Waals surface area contributed by atoms with Gasteiger partial charge < -0.3 is 10.6 Å². The van der Waals surface area contributed by atoms with Gasteiger partial charge in [-0.25, -0.2) is 0 Å². The van der Waals surface area contributed by atoms with E-state index in [1.54, 1.807) is 0 Å². The summed E-state index contributed by atoms with van der Waals surface area (Å²) in [5.41, 5.74) is 5.71. The van der Waals surface area contributed by atoms with Crippen LogP contribution in [0.25, 0.3) is 0 Å². The van der Waals surface area contributed by atoms with Gasteiger partial charge in [-0.2, -0.15) is 11.8 Å². The van der Waals surface area contributed by atoms with Crippen molar-refractivity contribution in [2.75, 3.05) is 25.1 Å². The Morgan fingerprint density at radius 2 is 2.45 bits per heavy atom. The minimum absolute atomic E-state index is 0.311. The largest absolute Gasteiger partial charge is 0.327 e. The van der Waals surface area contributed by atoms with Crippen molar-refractivity contribution in [3.63, 3.8) is 0 Å². The quantitative estimate of drug-likeness (QED) is 0.685. The molecule has 11 heavy (non-hydrogen) atoms. The van der Waals surface area contributed by atoms with Crippen molar-refractivity contribution in [1.82, 2.24) is 4.90 Å². The van der Waals surface area contributed by atoms with E-state index in [0.29, 0.717) is 6.04 Å². The fourth-order valence-corrected chi connectivity index (χ4v) is 2.77. The Morgan fingerprint density at radius 1 is 1.73 bits per heavy atom. The standard InChI is InChI=1S/C8H18N2S/c1-7(9)5-10(2)8-3-4-11-6-8/h7-8H,3-6,9H2,1-2H3. The van der Waals surface area contributed by atoms with Crippen LogP contribution in [0.3, 0.4) is 0 Å². The predicted molar refractivity (Wildman–Crippen MR) is 52.0 cm³/mol. The number of nitrogens with zero attached hydrogens (tertiary/aromatic N) is 1. The number of hydrogen-bond acceptors (Lipinski definition) is 3. The highest BCUT2D eigenvalue weighted by Crippen LogP contribution is 2.20. The minimum atomic E-state index is 0.311. The van der Waals surface area contributed by atoms with Gasteiger partial charge in [0.25, 0.3) is 0 Å². The lowest BCUT2D eigenvalue weighted by Crippen LogP contribution is -2.39. The Bertz CT molecular complexity index is 111. The number of nitrogens with two attached hydrogens (primary N) is 1. The molecule has 2 unspecified atom stereocenters. The van der Waals surface area contributed by atoms with Crippen molar-refractivity contribution < 1.29 is 0 Å². The zero-order chi connectivity index (χ0) is 8.27. The van der Waals surface area contributed by atoms with Crippen LogP contribution in [0, 0.1) is 0 Å². The van der Waals surface area contributed by atoms with Gasteiger partial charge >= 0.3 is 0 Å². The Kier molecular flexibility index (Phi) is 3.69. The molecule has 1 heterocycles. The van der Waals surface area contributed by atoms with Gasteiger partial charge in [-0.3, -0.25) is 0 Å². The fraction of sp³-hybridized carbons (Fsp3) is 1.00. The van der Waals surface area contributed by atoms with Gasteiger partial charge in [-0.1, -0.05) is 0 Å². The molecule has 0 aromatic rings. The monoisotopic (exact) mass is 174 g/mol. The molecule has 1 saturated heterocycles. The normalized spacial score (nSPS) is 27.8. The average Bonchev–Trinajstić information content (AvgIpc) is 2.35. The first-order valence-electron chi connectivity index (χ1n) is 4.23. The number of rotatable bonds is 3. The summed E-state index contributed by atoms with van der Waals surface area (Å²) in [5, 5.41) is 0. The van der Waals surface area contributed by atoms with E-state index in [9.17, 15) is 0 Å². The number of thioether (sulfide) groups is 1. The Labute approximate surface area is 73.5 Å². The summed E-state index contributed by atoms with van der Waals surface area (Å²) in [4.78, 5) is 2.39. The van der Waals surface area contributed by atoms with E-state index in [2.05, 4.69) is 30.6 Å². The van der Waals surface area contributed by atoms with E-state index in [0.717, 1.165) is 12.6 Å². The van der Waals surface area contributed by atoms with E-state index in [1.807, 2.05) is 0 Å². The predicted octanol–water partition coefficient (Wildman–Crippen LogP) is 0.771. The molecule has 0 saturated carbocycles. The molecule has 2 atom stereocenters. The molecule has 2 N–H and O–H groups in total. The van der Waals surface area contributed by atoms with Crippen molar-refractivity contribution in [2.24, 2.45) is 5.73 Å². The summed E-state index contributed by atoms with van der Waals surface area (Å²) in [6.07, 6.45) is 1.34. The molecule has 2 nitrogen and oxygen atoms in total. The topological polar surface area (TPSA) is 29.3 Å². The van der Waals surface area contributed by atoms with Crippen LogP contribution in [0.5, 0.6) is 0 Å². The van der Waals surface area contributed by atoms with Crippen LogP contribution in [0.2, 0.25) is 0 Å². The van der Waals surface area contributed by atoms with Crippen LogP contribution >= 0.6 is 11.8 Å². The van der Waals surface area contributed by atoms with Gasteiger partial charge in [-0.05, 0) is 26.1 Å². The van der Waals surface area contributed by atoms with Crippen LogP contribution in [0.1, 0.15) is 13.3 Å². The molecule has 66 valence electrons. The maximum Gasteiger partial charge on any atom is 0.0191 e. The molecule has 0 amide bonds. The van der Waals surface area contributed by atoms with Crippen molar-refractivity contribution in [1.29, 1.82) is 0 Å². The van der Waals surface area contributed by atoms with Gasteiger partial charge in [0.05, 0.1) is 0 Å². The van der Waals surface area contributed by atoms with E-state index >= 15 is 0 Å². The first kappa shape index (κ1) is 9.36.